The van der Waals surface area contributed by atoms with Crippen LogP contribution in [0.4, 0.5) is 5.69 Å². The average Bonchev–Trinajstić information content (AvgIpc) is 3.05. The van der Waals surface area contributed by atoms with Crippen molar-refractivity contribution in [2.24, 2.45) is 0 Å². The standard InChI is InChI=1S/C18H19NO5S/c1-3-12-4-6-16-13(10-12)8-9-19(16)25(22,23)14-5-7-17(20)15(11-14)18(21)24-2/h4-7,10-11,20H,3,8-9H2,1-2H3. The molecule has 0 radical (unpaired) electrons. The summed E-state index contributed by atoms with van der Waals surface area (Å²) in [5, 5.41) is 9.77. The zero-order valence-corrected chi connectivity index (χ0v) is 14.8. The number of fused-ring (bicyclic) bond motifs is 1. The largest absolute Gasteiger partial charge is 0.507 e. The van der Waals surface area contributed by atoms with E-state index in [1.54, 1.807) is 0 Å². The molecule has 0 spiro atoms. The molecule has 0 aromatic heterocycles. The van der Waals surface area contributed by atoms with Gasteiger partial charge in [0.2, 0.25) is 0 Å². The van der Waals surface area contributed by atoms with Crippen LogP contribution in [0.1, 0.15) is 28.4 Å². The zero-order chi connectivity index (χ0) is 18.2. The lowest BCUT2D eigenvalue weighted by molar-refractivity contribution is 0.0597. The molecule has 1 aliphatic heterocycles. The molecule has 25 heavy (non-hydrogen) atoms. The van der Waals surface area contributed by atoms with Gasteiger partial charge in [-0.2, -0.15) is 0 Å². The number of hydrogen-bond donors (Lipinski definition) is 1. The number of aryl methyl sites for hydroxylation is 1. The van der Waals surface area contributed by atoms with E-state index >= 15 is 0 Å². The van der Waals surface area contributed by atoms with Gasteiger partial charge in [-0.25, -0.2) is 13.2 Å². The number of phenols is 1. The second kappa shape index (κ2) is 6.40. The fourth-order valence-corrected chi connectivity index (χ4v) is 4.50. The van der Waals surface area contributed by atoms with E-state index in [2.05, 4.69) is 11.7 Å². The lowest BCUT2D eigenvalue weighted by Gasteiger charge is -2.20. The van der Waals surface area contributed by atoms with E-state index in [-0.39, 0.29) is 16.2 Å². The Balaban J connectivity index is 2.03. The average molecular weight is 361 g/mol. The molecular weight excluding hydrogens is 342 g/mol. The number of sulfonamides is 1. The molecule has 3 rings (SSSR count). The molecule has 0 aliphatic carbocycles. The van der Waals surface area contributed by atoms with Gasteiger partial charge in [0.25, 0.3) is 10.0 Å². The van der Waals surface area contributed by atoms with Crippen molar-refractivity contribution >= 4 is 21.7 Å². The molecule has 1 N–H and O–H groups in total. The number of benzene rings is 2. The van der Waals surface area contributed by atoms with Crippen molar-refractivity contribution < 1.29 is 23.1 Å². The van der Waals surface area contributed by atoms with Crippen LogP contribution in [0.25, 0.3) is 0 Å². The number of carbonyl (C=O) groups excluding carboxylic acids is 1. The van der Waals surface area contributed by atoms with Crippen molar-refractivity contribution in [2.75, 3.05) is 18.0 Å². The summed E-state index contributed by atoms with van der Waals surface area (Å²) in [6, 6.07) is 9.39. The molecule has 0 bridgehead atoms. The summed E-state index contributed by atoms with van der Waals surface area (Å²) in [6.45, 7) is 2.40. The van der Waals surface area contributed by atoms with Gasteiger partial charge in [0.05, 0.1) is 17.7 Å². The second-order valence-corrected chi connectivity index (χ2v) is 7.68. The molecule has 0 fully saturated rings. The Morgan fingerprint density at radius 2 is 2.00 bits per heavy atom. The van der Waals surface area contributed by atoms with Crippen molar-refractivity contribution in [1.82, 2.24) is 0 Å². The molecule has 0 saturated heterocycles. The van der Waals surface area contributed by atoms with Crippen molar-refractivity contribution in [3.05, 3.63) is 53.1 Å². The minimum Gasteiger partial charge on any atom is -0.507 e. The molecule has 1 aliphatic rings. The Hall–Kier alpha value is -2.54. The molecule has 0 amide bonds. The monoisotopic (exact) mass is 361 g/mol. The van der Waals surface area contributed by atoms with E-state index in [1.165, 1.54) is 23.5 Å². The first-order valence-corrected chi connectivity index (χ1v) is 9.38. The van der Waals surface area contributed by atoms with E-state index in [0.717, 1.165) is 23.6 Å². The number of rotatable bonds is 4. The summed E-state index contributed by atoms with van der Waals surface area (Å²) >= 11 is 0. The quantitative estimate of drug-likeness (QED) is 0.846. The number of esters is 1. The van der Waals surface area contributed by atoms with Gasteiger partial charge in [0, 0.05) is 6.54 Å². The minimum absolute atomic E-state index is 0.0573. The molecule has 0 saturated carbocycles. The summed E-state index contributed by atoms with van der Waals surface area (Å²) in [5.74, 6) is -1.11. The lowest BCUT2D eigenvalue weighted by atomic mass is 10.1. The fourth-order valence-electron chi connectivity index (χ4n) is 2.97. The number of hydrogen-bond acceptors (Lipinski definition) is 5. The first-order chi connectivity index (χ1) is 11.9. The SMILES string of the molecule is CCc1ccc2c(c1)CCN2S(=O)(=O)c1ccc(O)c(C(=O)OC)c1. The van der Waals surface area contributed by atoms with Gasteiger partial charge >= 0.3 is 5.97 Å². The first-order valence-electron chi connectivity index (χ1n) is 7.94. The van der Waals surface area contributed by atoms with Gasteiger partial charge in [-0.3, -0.25) is 4.31 Å². The number of anilines is 1. The molecular formula is C18H19NO5S. The Morgan fingerprint density at radius 3 is 2.68 bits per heavy atom. The Kier molecular flexibility index (Phi) is 4.43. The maximum Gasteiger partial charge on any atom is 0.341 e. The topological polar surface area (TPSA) is 83.9 Å². The minimum atomic E-state index is -3.84. The third kappa shape index (κ3) is 2.95. The normalized spacial score (nSPS) is 13.6. The molecule has 2 aromatic carbocycles. The number of nitrogens with zero attached hydrogens (tertiary/aromatic N) is 1. The molecule has 6 nitrogen and oxygen atoms in total. The third-order valence-corrected chi connectivity index (χ3v) is 6.18. The maximum atomic E-state index is 13.0. The van der Waals surface area contributed by atoms with Crippen LogP contribution in [-0.4, -0.2) is 33.1 Å². The van der Waals surface area contributed by atoms with Crippen molar-refractivity contribution in [2.45, 2.75) is 24.7 Å². The van der Waals surface area contributed by atoms with Gasteiger partial charge < -0.3 is 9.84 Å². The smallest absolute Gasteiger partial charge is 0.341 e. The van der Waals surface area contributed by atoms with E-state index in [4.69, 9.17) is 0 Å². The van der Waals surface area contributed by atoms with Crippen LogP contribution < -0.4 is 4.31 Å². The molecule has 1 heterocycles. The Labute approximate surface area is 146 Å². The second-order valence-electron chi connectivity index (χ2n) is 5.81. The van der Waals surface area contributed by atoms with Gasteiger partial charge in [-0.1, -0.05) is 19.1 Å². The van der Waals surface area contributed by atoms with Gasteiger partial charge in [0.1, 0.15) is 11.3 Å². The van der Waals surface area contributed by atoms with Crippen LogP contribution in [0.5, 0.6) is 5.75 Å². The first kappa shape index (κ1) is 17.3. The van der Waals surface area contributed by atoms with Crippen molar-refractivity contribution in [1.29, 1.82) is 0 Å². The van der Waals surface area contributed by atoms with Gasteiger partial charge in [-0.15, -0.1) is 0 Å². The summed E-state index contributed by atoms with van der Waals surface area (Å²) < 4.78 is 32.0. The number of carbonyl (C=O) groups is 1. The van der Waals surface area contributed by atoms with E-state index in [9.17, 15) is 18.3 Å². The number of methoxy groups -OCH3 is 1. The van der Waals surface area contributed by atoms with E-state index in [0.29, 0.717) is 18.7 Å². The van der Waals surface area contributed by atoms with Gasteiger partial charge in [0.15, 0.2) is 0 Å². The molecule has 0 atom stereocenters. The van der Waals surface area contributed by atoms with Crippen LogP contribution in [0.15, 0.2) is 41.3 Å². The van der Waals surface area contributed by atoms with E-state index in [1.807, 2.05) is 18.2 Å². The predicted molar refractivity (Wildman–Crippen MR) is 93.5 cm³/mol. The Morgan fingerprint density at radius 1 is 1.24 bits per heavy atom. The number of ether oxygens (including phenoxy) is 1. The summed E-state index contributed by atoms with van der Waals surface area (Å²) in [7, 11) is -2.67. The summed E-state index contributed by atoms with van der Waals surface area (Å²) in [6.07, 6.45) is 1.53. The highest BCUT2D eigenvalue weighted by Gasteiger charge is 2.31. The Bertz CT molecular complexity index is 936. The highest BCUT2D eigenvalue weighted by Crippen LogP contribution is 2.34. The van der Waals surface area contributed by atoms with Crippen LogP contribution >= 0.6 is 0 Å². The molecule has 0 unspecified atom stereocenters. The van der Waals surface area contributed by atoms with E-state index < -0.39 is 16.0 Å². The van der Waals surface area contributed by atoms with Crippen LogP contribution in [0.2, 0.25) is 0 Å². The number of phenolic OH excluding ortho intramolecular Hbond substituents is 1. The fraction of sp³-hybridized carbons (Fsp3) is 0.278. The van der Waals surface area contributed by atoms with Crippen LogP contribution in [-0.2, 0) is 27.6 Å². The highest BCUT2D eigenvalue weighted by molar-refractivity contribution is 7.92. The predicted octanol–water partition coefficient (Wildman–Crippen LogP) is 2.49. The maximum absolute atomic E-state index is 13.0. The third-order valence-electron chi connectivity index (χ3n) is 4.37. The lowest BCUT2D eigenvalue weighted by Crippen LogP contribution is -2.29. The van der Waals surface area contributed by atoms with Crippen molar-refractivity contribution in [3.63, 3.8) is 0 Å². The number of aromatic hydroxyl groups is 1. The van der Waals surface area contributed by atoms with Crippen LogP contribution in [0, 0.1) is 0 Å². The molecule has 132 valence electrons. The summed E-state index contributed by atoms with van der Waals surface area (Å²) in [4.78, 5) is 11.7. The highest BCUT2D eigenvalue weighted by atomic mass is 32.2. The van der Waals surface area contributed by atoms with Crippen LogP contribution in [0.3, 0.4) is 0 Å². The summed E-state index contributed by atoms with van der Waals surface area (Å²) in [5.41, 5.74) is 2.64. The van der Waals surface area contributed by atoms with Gasteiger partial charge in [-0.05, 0) is 48.2 Å². The zero-order valence-electron chi connectivity index (χ0n) is 14.0. The van der Waals surface area contributed by atoms with Crippen molar-refractivity contribution in [3.8, 4) is 5.75 Å². The molecule has 7 heteroatoms. The molecule has 2 aromatic rings.